The van der Waals surface area contributed by atoms with Gasteiger partial charge in [0.15, 0.2) is 0 Å². The van der Waals surface area contributed by atoms with E-state index in [-0.39, 0.29) is 6.54 Å². The Balaban J connectivity index is 2.13. The second-order valence-electron chi connectivity index (χ2n) is 4.64. The standard InChI is InChI=1S/C12H20F3NO2/c1-2-18-10-5-3-9(4-6-10)7-8-16-11(17)12(13,14)15/h9-10H,2-8H2,1H3,(H,16,17). The number of amides is 1. The van der Waals surface area contributed by atoms with Crippen LogP contribution in [-0.2, 0) is 9.53 Å². The van der Waals surface area contributed by atoms with Gasteiger partial charge in [0.1, 0.15) is 0 Å². The van der Waals surface area contributed by atoms with Gasteiger partial charge in [-0.2, -0.15) is 13.2 Å². The maximum Gasteiger partial charge on any atom is 0.471 e. The summed E-state index contributed by atoms with van der Waals surface area (Å²) in [7, 11) is 0. The van der Waals surface area contributed by atoms with Crippen molar-refractivity contribution in [1.82, 2.24) is 5.32 Å². The molecule has 106 valence electrons. The van der Waals surface area contributed by atoms with Crippen LogP contribution in [0.25, 0.3) is 0 Å². The summed E-state index contributed by atoms with van der Waals surface area (Å²) in [6.45, 7) is 2.76. The number of carbonyl (C=O) groups is 1. The lowest BCUT2D eigenvalue weighted by Crippen LogP contribution is -2.38. The van der Waals surface area contributed by atoms with Gasteiger partial charge >= 0.3 is 12.1 Å². The molecule has 0 unspecified atom stereocenters. The fraction of sp³-hybridized carbons (Fsp3) is 0.917. The van der Waals surface area contributed by atoms with Crippen molar-refractivity contribution in [3.05, 3.63) is 0 Å². The molecule has 0 heterocycles. The summed E-state index contributed by atoms with van der Waals surface area (Å²) in [6.07, 6.45) is 0.000130. The lowest BCUT2D eigenvalue weighted by molar-refractivity contribution is -0.173. The molecule has 1 aliphatic rings. The van der Waals surface area contributed by atoms with Crippen molar-refractivity contribution in [3.8, 4) is 0 Å². The van der Waals surface area contributed by atoms with Gasteiger partial charge in [0, 0.05) is 13.2 Å². The lowest BCUT2D eigenvalue weighted by Gasteiger charge is -2.28. The smallest absolute Gasteiger partial charge is 0.379 e. The molecule has 0 atom stereocenters. The molecule has 1 N–H and O–H groups in total. The van der Waals surface area contributed by atoms with Crippen LogP contribution in [0.2, 0.25) is 0 Å². The van der Waals surface area contributed by atoms with Crippen molar-refractivity contribution in [2.24, 2.45) is 5.92 Å². The maximum absolute atomic E-state index is 11.9. The lowest BCUT2D eigenvalue weighted by atomic mass is 9.85. The fourth-order valence-corrected chi connectivity index (χ4v) is 2.31. The molecule has 6 heteroatoms. The summed E-state index contributed by atoms with van der Waals surface area (Å²) < 4.78 is 41.3. The van der Waals surface area contributed by atoms with Crippen molar-refractivity contribution >= 4 is 5.91 Å². The molecule has 0 aromatic carbocycles. The number of hydrogen-bond donors (Lipinski definition) is 1. The number of carbonyl (C=O) groups excluding carboxylic acids is 1. The molecular weight excluding hydrogens is 247 g/mol. The van der Waals surface area contributed by atoms with Crippen LogP contribution in [0.15, 0.2) is 0 Å². The molecular formula is C12H20F3NO2. The Morgan fingerprint density at radius 3 is 2.39 bits per heavy atom. The molecule has 0 radical (unpaired) electrons. The minimum atomic E-state index is -4.77. The molecule has 1 aliphatic carbocycles. The molecule has 1 rings (SSSR count). The first kappa shape index (κ1) is 15.3. The van der Waals surface area contributed by atoms with E-state index in [1.165, 1.54) is 0 Å². The Kier molecular flexibility index (Phi) is 5.91. The molecule has 1 fully saturated rings. The van der Waals surface area contributed by atoms with Crippen molar-refractivity contribution < 1.29 is 22.7 Å². The number of rotatable bonds is 5. The van der Waals surface area contributed by atoms with Crippen LogP contribution in [-0.4, -0.2) is 31.3 Å². The topological polar surface area (TPSA) is 38.3 Å². The van der Waals surface area contributed by atoms with Gasteiger partial charge in [-0.05, 0) is 44.9 Å². The first-order valence-electron chi connectivity index (χ1n) is 6.40. The Morgan fingerprint density at radius 2 is 1.89 bits per heavy atom. The Bertz CT molecular complexity index is 261. The number of nitrogens with one attached hydrogen (secondary N) is 1. The van der Waals surface area contributed by atoms with E-state index in [9.17, 15) is 18.0 Å². The third-order valence-corrected chi connectivity index (χ3v) is 3.29. The van der Waals surface area contributed by atoms with E-state index in [0.29, 0.717) is 25.0 Å². The molecule has 18 heavy (non-hydrogen) atoms. The van der Waals surface area contributed by atoms with Crippen molar-refractivity contribution in [3.63, 3.8) is 0 Å². The summed E-state index contributed by atoms with van der Waals surface area (Å²) >= 11 is 0. The summed E-state index contributed by atoms with van der Waals surface area (Å²) in [6, 6.07) is 0. The van der Waals surface area contributed by atoms with Gasteiger partial charge < -0.3 is 10.1 Å². The molecule has 0 aromatic rings. The van der Waals surface area contributed by atoms with Crippen LogP contribution in [0.4, 0.5) is 13.2 Å². The molecule has 0 aromatic heterocycles. The molecule has 0 spiro atoms. The van der Waals surface area contributed by atoms with Crippen LogP contribution in [0, 0.1) is 5.92 Å². The van der Waals surface area contributed by atoms with E-state index in [4.69, 9.17) is 4.74 Å². The zero-order chi connectivity index (χ0) is 13.6. The van der Waals surface area contributed by atoms with Gasteiger partial charge in [0.2, 0.25) is 0 Å². The van der Waals surface area contributed by atoms with E-state index < -0.39 is 12.1 Å². The third kappa shape index (κ3) is 5.25. The number of ether oxygens (including phenoxy) is 1. The highest BCUT2D eigenvalue weighted by Crippen LogP contribution is 2.28. The van der Waals surface area contributed by atoms with Gasteiger partial charge in [-0.3, -0.25) is 4.79 Å². The summed E-state index contributed by atoms with van der Waals surface area (Å²) in [5.74, 6) is -1.44. The average molecular weight is 267 g/mol. The molecule has 0 saturated heterocycles. The SMILES string of the molecule is CCOC1CCC(CCNC(=O)C(F)(F)F)CC1. The van der Waals surface area contributed by atoms with E-state index >= 15 is 0 Å². The van der Waals surface area contributed by atoms with Crippen LogP contribution in [0.1, 0.15) is 39.0 Å². The van der Waals surface area contributed by atoms with E-state index in [1.54, 1.807) is 0 Å². The predicted octanol–water partition coefficient (Wildman–Crippen LogP) is 2.65. The van der Waals surface area contributed by atoms with E-state index in [0.717, 1.165) is 25.7 Å². The van der Waals surface area contributed by atoms with Crippen molar-refractivity contribution in [2.45, 2.75) is 51.3 Å². The van der Waals surface area contributed by atoms with Gasteiger partial charge in [0.25, 0.3) is 0 Å². The Labute approximate surface area is 105 Å². The molecule has 3 nitrogen and oxygen atoms in total. The van der Waals surface area contributed by atoms with Crippen molar-refractivity contribution in [1.29, 1.82) is 0 Å². The molecule has 1 amide bonds. The number of hydrogen-bond acceptors (Lipinski definition) is 2. The summed E-state index contributed by atoms with van der Waals surface area (Å²) in [5, 5.41) is 1.91. The van der Waals surface area contributed by atoms with Gasteiger partial charge in [-0.15, -0.1) is 0 Å². The highest BCUT2D eigenvalue weighted by atomic mass is 19.4. The minimum absolute atomic E-state index is 0.0995. The normalized spacial score (nSPS) is 24.9. The highest BCUT2D eigenvalue weighted by Gasteiger charge is 2.38. The summed E-state index contributed by atoms with van der Waals surface area (Å²) in [4.78, 5) is 10.6. The molecule has 0 aliphatic heterocycles. The fourth-order valence-electron chi connectivity index (χ4n) is 2.31. The molecule has 0 bridgehead atoms. The van der Waals surface area contributed by atoms with Crippen LogP contribution in [0.5, 0.6) is 0 Å². The molecule has 1 saturated carbocycles. The number of halogens is 3. The van der Waals surface area contributed by atoms with Gasteiger partial charge in [-0.25, -0.2) is 0 Å². The summed E-state index contributed by atoms with van der Waals surface area (Å²) in [5.41, 5.74) is 0. The van der Waals surface area contributed by atoms with Crippen LogP contribution < -0.4 is 5.32 Å². The zero-order valence-corrected chi connectivity index (χ0v) is 10.6. The Morgan fingerprint density at radius 1 is 1.28 bits per heavy atom. The average Bonchev–Trinajstić information content (AvgIpc) is 2.30. The van der Waals surface area contributed by atoms with Gasteiger partial charge in [-0.1, -0.05) is 0 Å². The first-order valence-corrected chi connectivity index (χ1v) is 6.40. The van der Waals surface area contributed by atoms with E-state index in [2.05, 4.69) is 0 Å². The minimum Gasteiger partial charge on any atom is -0.379 e. The maximum atomic E-state index is 11.9. The Hall–Kier alpha value is -0.780. The third-order valence-electron chi connectivity index (χ3n) is 3.29. The number of alkyl halides is 3. The monoisotopic (exact) mass is 267 g/mol. The zero-order valence-electron chi connectivity index (χ0n) is 10.6. The second kappa shape index (κ2) is 6.97. The van der Waals surface area contributed by atoms with Gasteiger partial charge in [0.05, 0.1) is 6.10 Å². The quantitative estimate of drug-likeness (QED) is 0.831. The van der Waals surface area contributed by atoms with Crippen molar-refractivity contribution in [2.75, 3.05) is 13.2 Å². The van der Waals surface area contributed by atoms with Crippen LogP contribution >= 0.6 is 0 Å². The second-order valence-corrected chi connectivity index (χ2v) is 4.64. The highest BCUT2D eigenvalue weighted by molar-refractivity contribution is 5.81. The predicted molar refractivity (Wildman–Crippen MR) is 61.1 cm³/mol. The first-order chi connectivity index (χ1) is 8.43. The largest absolute Gasteiger partial charge is 0.471 e. The van der Waals surface area contributed by atoms with Crippen LogP contribution in [0.3, 0.4) is 0 Å². The van der Waals surface area contributed by atoms with E-state index in [1.807, 2.05) is 12.2 Å².